The number of sulfonamides is 1. The Bertz CT molecular complexity index is 1430. The van der Waals surface area contributed by atoms with E-state index in [0.717, 1.165) is 0 Å². The van der Waals surface area contributed by atoms with Gasteiger partial charge in [-0.2, -0.15) is 0 Å². The summed E-state index contributed by atoms with van der Waals surface area (Å²) in [5.74, 6) is -0.494. The van der Waals surface area contributed by atoms with Crippen LogP contribution >= 0.6 is 11.6 Å². The number of hydrogen-bond acceptors (Lipinski definition) is 7. The van der Waals surface area contributed by atoms with Gasteiger partial charge in [0.1, 0.15) is 11.3 Å². The van der Waals surface area contributed by atoms with Gasteiger partial charge in [0.15, 0.2) is 0 Å². The molecule has 3 heterocycles. The van der Waals surface area contributed by atoms with E-state index in [1.54, 1.807) is 19.2 Å². The Balaban J connectivity index is 1.79. The number of nitrogen functional groups attached to an aromatic ring is 2. The highest BCUT2D eigenvalue weighted by molar-refractivity contribution is 7.92. The van der Waals surface area contributed by atoms with E-state index in [2.05, 4.69) is 19.7 Å². The molecule has 4 aromatic rings. The number of carbonyl (C=O) groups excluding carboxylic acids is 1. The highest BCUT2D eigenvalue weighted by Gasteiger charge is 2.24. The Kier molecular flexibility index (Phi) is 5.03. The van der Waals surface area contributed by atoms with Crippen LogP contribution in [0.2, 0.25) is 5.02 Å². The second kappa shape index (κ2) is 7.56. The Morgan fingerprint density at radius 3 is 2.68 bits per heavy atom. The zero-order valence-electron chi connectivity index (χ0n) is 16.2. The molecule has 0 bridgehead atoms. The number of carbonyl (C=O) groups is 1. The molecule has 3 aromatic heterocycles. The average molecular weight is 457 g/mol. The van der Waals surface area contributed by atoms with Gasteiger partial charge in [-0.25, -0.2) is 18.4 Å². The lowest BCUT2D eigenvalue weighted by Gasteiger charge is -2.14. The van der Waals surface area contributed by atoms with E-state index in [4.69, 9.17) is 23.1 Å². The molecule has 0 spiro atoms. The number of ketones is 1. The Hall–Kier alpha value is -3.63. The third kappa shape index (κ3) is 3.78. The van der Waals surface area contributed by atoms with E-state index in [-0.39, 0.29) is 32.7 Å². The molecule has 0 radical (unpaired) electrons. The van der Waals surface area contributed by atoms with Gasteiger partial charge >= 0.3 is 0 Å². The molecule has 0 saturated carbocycles. The predicted octanol–water partition coefficient (Wildman–Crippen LogP) is 3.12. The smallest absolute Gasteiger partial charge is 0.262 e. The normalized spacial score (nSPS) is 11.5. The van der Waals surface area contributed by atoms with Crippen LogP contribution in [0.15, 0.2) is 53.8 Å². The van der Waals surface area contributed by atoms with E-state index < -0.39 is 15.8 Å². The molecule has 1 aromatic carbocycles. The first kappa shape index (κ1) is 20.6. The number of hydrogen-bond donors (Lipinski definition) is 4. The maximum Gasteiger partial charge on any atom is 0.262 e. The predicted molar refractivity (Wildman–Crippen MR) is 120 cm³/mol. The summed E-state index contributed by atoms with van der Waals surface area (Å²) in [5, 5.41) is 0.784. The van der Waals surface area contributed by atoms with Crippen molar-refractivity contribution >= 4 is 55.5 Å². The highest BCUT2D eigenvalue weighted by Crippen LogP contribution is 2.29. The van der Waals surface area contributed by atoms with Crippen LogP contribution in [-0.4, -0.2) is 29.2 Å². The molecular formula is C20H17ClN6O3S. The highest BCUT2D eigenvalue weighted by atomic mass is 35.5. The van der Waals surface area contributed by atoms with E-state index in [9.17, 15) is 13.2 Å². The van der Waals surface area contributed by atoms with Crippen molar-refractivity contribution in [3.05, 3.63) is 70.8 Å². The van der Waals surface area contributed by atoms with Gasteiger partial charge in [0.05, 0.1) is 22.5 Å². The van der Waals surface area contributed by atoms with Crippen LogP contribution in [0, 0.1) is 6.92 Å². The van der Waals surface area contributed by atoms with Crippen molar-refractivity contribution in [2.45, 2.75) is 11.8 Å². The number of nitrogens with zero attached hydrogens (tertiary/aromatic N) is 2. The minimum Gasteiger partial charge on any atom is -0.398 e. The number of aromatic nitrogens is 3. The van der Waals surface area contributed by atoms with Crippen molar-refractivity contribution in [3.8, 4) is 0 Å². The number of benzene rings is 1. The third-order valence-electron chi connectivity index (χ3n) is 4.74. The molecule has 4 rings (SSSR count). The number of H-pyrrole nitrogens is 1. The van der Waals surface area contributed by atoms with Gasteiger partial charge in [0, 0.05) is 34.1 Å². The average Bonchev–Trinajstić information content (AvgIpc) is 3.20. The summed E-state index contributed by atoms with van der Waals surface area (Å²) in [5.41, 5.74) is 13.3. The molecule has 0 atom stereocenters. The number of nitrogens with two attached hydrogens (primary N) is 2. The van der Waals surface area contributed by atoms with Crippen molar-refractivity contribution in [2.24, 2.45) is 0 Å². The molecule has 0 aliphatic rings. The maximum absolute atomic E-state index is 13.2. The molecular weight excluding hydrogens is 440 g/mol. The lowest BCUT2D eigenvalue weighted by Crippen LogP contribution is -2.18. The minimum atomic E-state index is -4.14. The second-order valence-electron chi connectivity index (χ2n) is 6.82. The zero-order chi connectivity index (χ0) is 22.3. The standard InChI is InChI=1S/C20H17ClN6O3S/c1-10-15(21)7-12(8-16(10)23)31(29,30)27-17-6-11(22)9-26-18(17)19(28)13-2-4-24-20-14(13)3-5-25-20/h2-9,27H,22-23H2,1H3,(H,24,25). The fraction of sp³-hybridized carbons (Fsp3) is 0.0500. The largest absolute Gasteiger partial charge is 0.398 e. The number of halogens is 1. The molecule has 0 aliphatic heterocycles. The lowest BCUT2D eigenvalue weighted by atomic mass is 10.0. The van der Waals surface area contributed by atoms with Crippen LogP contribution in [0.3, 0.4) is 0 Å². The van der Waals surface area contributed by atoms with E-state index >= 15 is 0 Å². The number of rotatable bonds is 5. The molecule has 0 amide bonds. The number of aromatic amines is 1. The Morgan fingerprint density at radius 2 is 1.94 bits per heavy atom. The van der Waals surface area contributed by atoms with Crippen LogP contribution in [0.5, 0.6) is 0 Å². The topological polar surface area (TPSA) is 157 Å². The molecule has 11 heteroatoms. The van der Waals surface area contributed by atoms with Crippen molar-refractivity contribution in [3.63, 3.8) is 0 Å². The molecule has 0 fully saturated rings. The maximum atomic E-state index is 13.2. The van der Waals surface area contributed by atoms with Gasteiger partial charge in [-0.3, -0.25) is 9.52 Å². The van der Waals surface area contributed by atoms with Gasteiger partial charge in [0.25, 0.3) is 10.0 Å². The third-order valence-corrected chi connectivity index (χ3v) is 6.48. The quantitative estimate of drug-likeness (QED) is 0.265. The molecule has 158 valence electrons. The van der Waals surface area contributed by atoms with E-state index in [1.807, 2.05) is 0 Å². The van der Waals surface area contributed by atoms with Gasteiger partial charge in [-0.15, -0.1) is 0 Å². The summed E-state index contributed by atoms with van der Waals surface area (Å²) in [6.07, 6.45) is 4.41. The fourth-order valence-electron chi connectivity index (χ4n) is 3.06. The minimum absolute atomic E-state index is 0.0687. The first-order valence-corrected chi connectivity index (χ1v) is 10.8. The van der Waals surface area contributed by atoms with E-state index in [1.165, 1.54) is 36.7 Å². The van der Waals surface area contributed by atoms with Crippen LogP contribution < -0.4 is 16.2 Å². The van der Waals surface area contributed by atoms with Crippen LogP contribution in [0.1, 0.15) is 21.6 Å². The monoisotopic (exact) mass is 456 g/mol. The summed E-state index contributed by atoms with van der Waals surface area (Å²) in [7, 11) is -4.14. The summed E-state index contributed by atoms with van der Waals surface area (Å²) in [4.78, 5) is 24.3. The second-order valence-corrected chi connectivity index (χ2v) is 8.91. The van der Waals surface area contributed by atoms with Gasteiger partial charge < -0.3 is 16.5 Å². The fourth-order valence-corrected chi connectivity index (χ4v) is 4.47. The number of nitrogens with one attached hydrogen (secondary N) is 2. The summed E-state index contributed by atoms with van der Waals surface area (Å²) >= 11 is 6.09. The van der Waals surface area contributed by atoms with Crippen LogP contribution in [0.4, 0.5) is 17.1 Å². The molecule has 6 N–H and O–H groups in total. The summed E-state index contributed by atoms with van der Waals surface area (Å²) in [6.45, 7) is 1.68. The Labute approximate surface area is 182 Å². The first-order chi connectivity index (χ1) is 14.7. The number of anilines is 3. The Morgan fingerprint density at radius 1 is 1.16 bits per heavy atom. The van der Waals surface area contributed by atoms with Crippen molar-refractivity contribution in [1.29, 1.82) is 0 Å². The summed E-state index contributed by atoms with van der Waals surface area (Å²) in [6, 6.07) is 7.13. The van der Waals surface area contributed by atoms with Crippen molar-refractivity contribution in [2.75, 3.05) is 16.2 Å². The van der Waals surface area contributed by atoms with Gasteiger partial charge in [-0.1, -0.05) is 11.6 Å². The molecule has 0 saturated heterocycles. The first-order valence-electron chi connectivity index (χ1n) is 8.98. The lowest BCUT2D eigenvalue weighted by molar-refractivity contribution is 0.103. The van der Waals surface area contributed by atoms with Crippen molar-refractivity contribution in [1.82, 2.24) is 15.0 Å². The SMILES string of the molecule is Cc1c(N)cc(S(=O)(=O)Nc2cc(N)cnc2C(=O)c2ccnc3[nH]ccc23)cc1Cl. The summed E-state index contributed by atoms with van der Waals surface area (Å²) < 4.78 is 28.4. The zero-order valence-corrected chi connectivity index (χ0v) is 17.8. The van der Waals surface area contributed by atoms with Crippen LogP contribution in [0.25, 0.3) is 11.0 Å². The van der Waals surface area contributed by atoms with Crippen LogP contribution in [-0.2, 0) is 10.0 Å². The van der Waals surface area contributed by atoms with E-state index in [0.29, 0.717) is 22.2 Å². The molecule has 0 unspecified atom stereocenters. The number of fused-ring (bicyclic) bond motifs is 1. The molecule has 9 nitrogen and oxygen atoms in total. The molecule has 0 aliphatic carbocycles. The number of pyridine rings is 2. The van der Waals surface area contributed by atoms with Gasteiger partial charge in [-0.05, 0) is 42.8 Å². The van der Waals surface area contributed by atoms with Crippen molar-refractivity contribution < 1.29 is 13.2 Å². The van der Waals surface area contributed by atoms with Gasteiger partial charge in [0.2, 0.25) is 5.78 Å². The molecule has 31 heavy (non-hydrogen) atoms.